The Bertz CT molecular complexity index is 766. The minimum absolute atomic E-state index is 0.279. The highest BCUT2D eigenvalue weighted by atomic mass is 32.1. The highest BCUT2D eigenvalue weighted by Gasteiger charge is 2.17. The Hall–Kier alpha value is -1.86. The Kier molecular flexibility index (Phi) is 2.79. The van der Waals surface area contributed by atoms with Crippen LogP contribution in [0, 0.1) is 18.6 Å². The summed E-state index contributed by atoms with van der Waals surface area (Å²) in [6.07, 6.45) is 0. The van der Waals surface area contributed by atoms with Gasteiger partial charge in [0.1, 0.15) is 5.01 Å². The molecule has 19 heavy (non-hydrogen) atoms. The molecule has 3 aromatic rings. The van der Waals surface area contributed by atoms with E-state index in [1.807, 2.05) is 6.92 Å². The highest BCUT2D eigenvalue weighted by Crippen LogP contribution is 2.27. The third kappa shape index (κ3) is 1.91. The Labute approximate surface area is 111 Å². The second-order valence-electron chi connectivity index (χ2n) is 4.01. The largest absolute Gasteiger partial charge is 0.390 e. The predicted molar refractivity (Wildman–Crippen MR) is 66.9 cm³/mol. The van der Waals surface area contributed by atoms with E-state index in [0.717, 1.165) is 17.1 Å². The van der Waals surface area contributed by atoms with Crippen LogP contribution >= 0.6 is 11.3 Å². The van der Waals surface area contributed by atoms with Gasteiger partial charge in [-0.3, -0.25) is 0 Å². The number of benzene rings is 1. The van der Waals surface area contributed by atoms with Gasteiger partial charge in [0.15, 0.2) is 11.6 Å². The zero-order valence-corrected chi connectivity index (χ0v) is 10.7. The highest BCUT2D eigenvalue weighted by molar-refractivity contribution is 7.16. The van der Waals surface area contributed by atoms with Crippen molar-refractivity contribution in [3.05, 3.63) is 40.5 Å². The molecule has 0 amide bonds. The smallest absolute Gasteiger partial charge is 0.213 e. The van der Waals surface area contributed by atoms with Crippen LogP contribution in [0.25, 0.3) is 16.2 Å². The quantitative estimate of drug-likeness (QED) is 0.785. The van der Waals surface area contributed by atoms with Crippen molar-refractivity contribution in [2.45, 2.75) is 13.5 Å². The number of hydrogen-bond donors (Lipinski definition) is 1. The average Bonchev–Trinajstić information content (AvgIpc) is 2.88. The van der Waals surface area contributed by atoms with Gasteiger partial charge in [-0.15, -0.1) is 0 Å². The van der Waals surface area contributed by atoms with Gasteiger partial charge in [0, 0.05) is 5.56 Å². The Morgan fingerprint density at radius 1 is 1.32 bits per heavy atom. The van der Waals surface area contributed by atoms with Gasteiger partial charge in [-0.25, -0.2) is 18.3 Å². The number of halogens is 2. The molecule has 0 spiro atoms. The molecule has 0 radical (unpaired) electrons. The molecule has 98 valence electrons. The molecule has 0 saturated carbocycles. The molecule has 0 aliphatic carbocycles. The summed E-state index contributed by atoms with van der Waals surface area (Å²) in [6, 6.07) is 3.53. The van der Waals surface area contributed by atoms with Crippen LogP contribution in [0.4, 0.5) is 8.78 Å². The van der Waals surface area contributed by atoms with Crippen molar-refractivity contribution in [2.24, 2.45) is 0 Å². The van der Waals surface area contributed by atoms with E-state index < -0.39 is 11.6 Å². The molecule has 0 aliphatic heterocycles. The summed E-state index contributed by atoms with van der Waals surface area (Å²) in [5.41, 5.74) is 1.30. The van der Waals surface area contributed by atoms with E-state index >= 15 is 0 Å². The van der Waals surface area contributed by atoms with E-state index in [2.05, 4.69) is 10.1 Å². The number of hydrogen-bond acceptors (Lipinski definition) is 4. The number of aliphatic hydroxyl groups excluding tert-OH is 1. The van der Waals surface area contributed by atoms with Gasteiger partial charge in [-0.2, -0.15) is 5.10 Å². The summed E-state index contributed by atoms with van der Waals surface area (Å²) in [6.45, 7) is 1.55. The molecule has 3 rings (SSSR count). The molecule has 0 aliphatic rings. The van der Waals surface area contributed by atoms with Gasteiger partial charge in [0.25, 0.3) is 0 Å². The van der Waals surface area contributed by atoms with E-state index in [-0.39, 0.29) is 6.61 Å². The minimum atomic E-state index is -0.943. The lowest BCUT2D eigenvalue weighted by molar-refractivity contribution is 0.275. The number of aliphatic hydroxyl groups is 1. The minimum Gasteiger partial charge on any atom is -0.390 e. The molecule has 0 bridgehead atoms. The van der Waals surface area contributed by atoms with Crippen molar-refractivity contribution in [1.29, 1.82) is 0 Å². The van der Waals surface area contributed by atoms with Gasteiger partial charge < -0.3 is 5.11 Å². The van der Waals surface area contributed by atoms with E-state index in [0.29, 0.717) is 21.9 Å². The molecule has 1 N–H and O–H groups in total. The lowest BCUT2D eigenvalue weighted by Gasteiger charge is -2.01. The van der Waals surface area contributed by atoms with Crippen molar-refractivity contribution in [2.75, 3.05) is 0 Å². The van der Waals surface area contributed by atoms with E-state index in [1.165, 1.54) is 21.9 Å². The SMILES string of the molecule is Cc1nn2c(CO)c(-c3ccc(F)c(F)c3)nc2s1. The standard InChI is InChI=1S/C12H9F2N3OS/c1-6-16-17-10(5-18)11(15-12(17)19-6)7-2-3-8(13)9(14)4-7/h2-4,18H,5H2,1H3. The summed E-state index contributed by atoms with van der Waals surface area (Å²) in [5.74, 6) is -1.86. The van der Waals surface area contributed by atoms with E-state index in [9.17, 15) is 13.9 Å². The second-order valence-corrected chi connectivity index (χ2v) is 5.17. The zero-order chi connectivity index (χ0) is 13.6. The van der Waals surface area contributed by atoms with Crippen LogP contribution in [0.15, 0.2) is 18.2 Å². The summed E-state index contributed by atoms with van der Waals surface area (Å²) in [5, 5.41) is 14.5. The fraction of sp³-hybridized carbons (Fsp3) is 0.167. The summed E-state index contributed by atoms with van der Waals surface area (Å²) in [4.78, 5) is 4.93. The zero-order valence-electron chi connectivity index (χ0n) is 9.89. The van der Waals surface area contributed by atoms with Crippen LogP contribution in [0.1, 0.15) is 10.7 Å². The molecule has 4 nitrogen and oxygen atoms in total. The number of imidazole rings is 1. The van der Waals surface area contributed by atoms with Crippen LogP contribution in [0.5, 0.6) is 0 Å². The maximum atomic E-state index is 13.3. The monoisotopic (exact) mass is 281 g/mol. The summed E-state index contributed by atoms with van der Waals surface area (Å²) < 4.78 is 27.7. The number of aromatic nitrogens is 3. The van der Waals surface area contributed by atoms with Gasteiger partial charge in [0.2, 0.25) is 4.96 Å². The maximum absolute atomic E-state index is 13.3. The summed E-state index contributed by atoms with van der Waals surface area (Å²) >= 11 is 1.37. The molecular formula is C12H9F2N3OS. The molecule has 0 atom stereocenters. The molecular weight excluding hydrogens is 272 g/mol. The molecule has 2 heterocycles. The first-order chi connectivity index (χ1) is 9.10. The van der Waals surface area contributed by atoms with Gasteiger partial charge in [-0.1, -0.05) is 11.3 Å². The molecule has 0 unspecified atom stereocenters. The van der Waals surface area contributed by atoms with Crippen LogP contribution in [-0.2, 0) is 6.61 Å². The fourth-order valence-electron chi connectivity index (χ4n) is 1.90. The lowest BCUT2D eigenvalue weighted by atomic mass is 10.1. The number of aryl methyl sites for hydroxylation is 1. The number of nitrogens with zero attached hydrogens (tertiary/aromatic N) is 3. The third-order valence-corrected chi connectivity index (χ3v) is 3.56. The second kappa shape index (κ2) is 4.36. The first-order valence-electron chi connectivity index (χ1n) is 5.51. The van der Waals surface area contributed by atoms with Gasteiger partial charge in [0.05, 0.1) is 18.0 Å². The van der Waals surface area contributed by atoms with Crippen molar-refractivity contribution in [3.8, 4) is 11.3 Å². The first-order valence-corrected chi connectivity index (χ1v) is 6.33. The molecule has 1 aromatic carbocycles. The molecule has 0 fully saturated rings. The van der Waals surface area contributed by atoms with Crippen molar-refractivity contribution >= 4 is 16.3 Å². The van der Waals surface area contributed by atoms with Crippen molar-refractivity contribution in [1.82, 2.24) is 14.6 Å². The van der Waals surface area contributed by atoms with Crippen LogP contribution in [0.3, 0.4) is 0 Å². The Morgan fingerprint density at radius 2 is 2.11 bits per heavy atom. The fourth-order valence-corrected chi connectivity index (χ4v) is 2.66. The predicted octanol–water partition coefficient (Wildman–Crippen LogP) is 2.54. The topological polar surface area (TPSA) is 50.4 Å². The number of fused-ring (bicyclic) bond motifs is 1. The van der Waals surface area contributed by atoms with Crippen LogP contribution in [-0.4, -0.2) is 19.7 Å². The molecule has 2 aromatic heterocycles. The van der Waals surface area contributed by atoms with Crippen molar-refractivity contribution in [3.63, 3.8) is 0 Å². The normalized spacial score (nSPS) is 11.4. The Morgan fingerprint density at radius 3 is 2.79 bits per heavy atom. The third-order valence-electron chi connectivity index (χ3n) is 2.74. The average molecular weight is 281 g/mol. The van der Waals surface area contributed by atoms with Crippen molar-refractivity contribution < 1.29 is 13.9 Å². The Balaban J connectivity index is 2.23. The molecule has 7 heteroatoms. The molecule has 0 saturated heterocycles. The number of rotatable bonds is 2. The van der Waals surface area contributed by atoms with Crippen LogP contribution in [0.2, 0.25) is 0 Å². The summed E-state index contributed by atoms with van der Waals surface area (Å²) in [7, 11) is 0. The van der Waals surface area contributed by atoms with Gasteiger partial charge in [-0.05, 0) is 25.1 Å². The van der Waals surface area contributed by atoms with E-state index in [1.54, 1.807) is 0 Å². The van der Waals surface area contributed by atoms with E-state index in [4.69, 9.17) is 0 Å². The maximum Gasteiger partial charge on any atom is 0.213 e. The van der Waals surface area contributed by atoms with Crippen LogP contribution < -0.4 is 0 Å². The van der Waals surface area contributed by atoms with Gasteiger partial charge >= 0.3 is 0 Å². The lowest BCUT2D eigenvalue weighted by Crippen LogP contribution is -1.96. The first kappa shape index (κ1) is 12.2.